The second-order valence-electron chi connectivity index (χ2n) is 4.70. The van der Waals surface area contributed by atoms with Gasteiger partial charge in [-0.3, -0.25) is 4.79 Å². The molecule has 0 aromatic heterocycles. The number of hydrogen-bond acceptors (Lipinski definition) is 2. The molecule has 3 nitrogen and oxygen atoms in total. The molecule has 19 heavy (non-hydrogen) atoms. The third-order valence-corrected chi connectivity index (χ3v) is 3.41. The maximum absolute atomic E-state index is 11.0. The van der Waals surface area contributed by atoms with Crippen LogP contribution in [0.5, 0.6) is 0 Å². The summed E-state index contributed by atoms with van der Waals surface area (Å²) in [6.07, 6.45) is 7.54. The van der Waals surface area contributed by atoms with Crippen molar-refractivity contribution in [2.75, 3.05) is 0 Å². The van der Waals surface area contributed by atoms with Gasteiger partial charge in [0, 0.05) is 11.5 Å². The Kier molecular flexibility index (Phi) is 2.95. The van der Waals surface area contributed by atoms with Crippen molar-refractivity contribution in [2.45, 2.75) is 18.4 Å². The van der Waals surface area contributed by atoms with Crippen LogP contribution in [0.15, 0.2) is 66.0 Å². The van der Waals surface area contributed by atoms with Crippen LogP contribution in [0, 0.1) is 0 Å². The van der Waals surface area contributed by atoms with E-state index >= 15 is 0 Å². The molecule has 1 heterocycles. The molecule has 2 aliphatic rings. The molecular formula is C16H14O3. The van der Waals surface area contributed by atoms with E-state index in [4.69, 9.17) is 9.84 Å². The predicted octanol–water partition coefficient (Wildman–Crippen LogP) is 3.02. The van der Waals surface area contributed by atoms with Crippen LogP contribution in [0.1, 0.15) is 17.9 Å². The van der Waals surface area contributed by atoms with Gasteiger partial charge in [0.05, 0.1) is 6.42 Å². The summed E-state index contributed by atoms with van der Waals surface area (Å²) >= 11 is 0. The predicted molar refractivity (Wildman–Crippen MR) is 71.6 cm³/mol. The van der Waals surface area contributed by atoms with E-state index in [2.05, 4.69) is 6.08 Å². The molecule has 3 rings (SSSR count). The summed E-state index contributed by atoms with van der Waals surface area (Å²) in [5, 5.41) is 9.04. The standard InChI is InChI=1S/C16H14O3/c17-16(18)10-15-13(11-5-2-1-3-6-11)9-12-7-4-8-14(12)19-15/h1-9,13,15H,10H2,(H,17,18). The molecule has 0 saturated carbocycles. The van der Waals surface area contributed by atoms with Crippen LogP contribution in [0.2, 0.25) is 0 Å². The lowest BCUT2D eigenvalue weighted by molar-refractivity contribution is -0.139. The van der Waals surface area contributed by atoms with E-state index in [-0.39, 0.29) is 18.4 Å². The molecule has 3 heteroatoms. The zero-order chi connectivity index (χ0) is 13.2. The first-order valence-electron chi connectivity index (χ1n) is 6.28. The molecular weight excluding hydrogens is 240 g/mol. The molecule has 1 aliphatic carbocycles. The lowest BCUT2D eigenvalue weighted by Crippen LogP contribution is -2.27. The number of carbonyl (C=O) groups is 1. The Bertz CT molecular complexity index is 581. The molecule has 0 fully saturated rings. The number of fused-ring (bicyclic) bond motifs is 1. The fourth-order valence-corrected chi connectivity index (χ4v) is 2.53. The summed E-state index contributed by atoms with van der Waals surface area (Å²) in [5.41, 5.74) is 2.12. The largest absolute Gasteiger partial charge is 0.488 e. The molecule has 0 radical (unpaired) electrons. The highest BCUT2D eigenvalue weighted by atomic mass is 16.5. The Morgan fingerprint density at radius 3 is 2.79 bits per heavy atom. The molecule has 1 aromatic carbocycles. The van der Waals surface area contributed by atoms with Gasteiger partial charge < -0.3 is 9.84 Å². The van der Waals surface area contributed by atoms with E-state index in [1.807, 2.05) is 48.6 Å². The third-order valence-electron chi connectivity index (χ3n) is 3.41. The highest BCUT2D eigenvalue weighted by Crippen LogP contribution is 2.37. The van der Waals surface area contributed by atoms with Gasteiger partial charge in [0.15, 0.2) is 0 Å². The minimum atomic E-state index is -0.839. The van der Waals surface area contributed by atoms with Crippen LogP contribution in [0.4, 0.5) is 0 Å². The molecule has 1 aliphatic heterocycles. The van der Waals surface area contributed by atoms with E-state index < -0.39 is 5.97 Å². The second kappa shape index (κ2) is 4.76. The summed E-state index contributed by atoms with van der Waals surface area (Å²) in [4.78, 5) is 11.0. The van der Waals surface area contributed by atoms with Crippen LogP contribution in [-0.4, -0.2) is 17.2 Å². The number of carboxylic acids is 1. The minimum Gasteiger partial charge on any atom is -0.488 e. The first-order chi connectivity index (χ1) is 9.24. The Hall–Kier alpha value is -2.29. The fraction of sp³-hybridized carbons (Fsp3) is 0.188. The number of rotatable bonds is 3. The number of ether oxygens (including phenoxy) is 1. The van der Waals surface area contributed by atoms with Crippen molar-refractivity contribution in [2.24, 2.45) is 0 Å². The van der Waals surface area contributed by atoms with Gasteiger partial charge in [-0.15, -0.1) is 0 Å². The van der Waals surface area contributed by atoms with E-state index in [0.717, 1.165) is 16.9 Å². The van der Waals surface area contributed by atoms with Crippen LogP contribution in [-0.2, 0) is 9.53 Å². The zero-order valence-corrected chi connectivity index (χ0v) is 10.3. The second-order valence-corrected chi connectivity index (χ2v) is 4.70. The number of aliphatic carboxylic acids is 1. The van der Waals surface area contributed by atoms with Crippen molar-refractivity contribution in [1.82, 2.24) is 0 Å². The Balaban J connectivity index is 1.97. The van der Waals surface area contributed by atoms with Crippen molar-refractivity contribution >= 4 is 5.97 Å². The molecule has 0 amide bonds. The van der Waals surface area contributed by atoms with Gasteiger partial charge in [-0.2, -0.15) is 0 Å². The smallest absolute Gasteiger partial charge is 0.307 e. The summed E-state index contributed by atoms with van der Waals surface area (Å²) in [6.45, 7) is 0. The number of benzene rings is 1. The van der Waals surface area contributed by atoms with E-state index in [9.17, 15) is 4.79 Å². The van der Waals surface area contributed by atoms with Gasteiger partial charge in [-0.05, 0) is 11.6 Å². The summed E-state index contributed by atoms with van der Waals surface area (Å²) in [5.74, 6) is -0.0834. The lowest BCUT2D eigenvalue weighted by Gasteiger charge is -2.30. The van der Waals surface area contributed by atoms with Gasteiger partial charge in [-0.1, -0.05) is 48.6 Å². The van der Waals surface area contributed by atoms with Crippen LogP contribution >= 0.6 is 0 Å². The van der Waals surface area contributed by atoms with Crippen molar-refractivity contribution in [3.63, 3.8) is 0 Å². The van der Waals surface area contributed by atoms with Crippen molar-refractivity contribution in [1.29, 1.82) is 0 Å². The van der Waals surface area contributed by atoms with Gasteiger partial charge >= 0.3 is 5.97 Å². The number of allylic oxidation sites excluding steroid dienone is 3. The SMILES string of the molecule is O=C(O)CC1OC2=CC=CC2=CC1c1ccccc1. The minimum absolute atomic E-state index is 0.000676. The van der Waals surface area contributed by atoms with E-state index in [0.29, 0.717) is 0 Å². The lowest BCUT2D eigenvalue weighted by atomic mass is 9.87. The Morgan fingerprint density at radius 2 is 2.05 bits per heavy atom. The molecule has 1 aromatic rings. The van der Waals surface area contributed by atoms with Crippen LogP contribution < -0.4 is 0 Å². The van der Waals surface area contributed by atoms with E-state index in [1.54, 1.807) is 0 Å². The highest BCUT2D eigenvalue weighted by molar-refractivity contribution is 5.68. The zero-order valence-electron chi connectivity index (χ0n) is 10.3. The van der Waals surface area contributed by atoms with Crippen molar-refractivity contribution in [3.8, 4) is 0 Å². The quantitative estimate of drug-likeness (QED) is 0.901. The summed E-state index contributed by atoms with van der Waals surface area (Å²) in [7, 11) is 0. The Morgan fingerprint density at radius 1 is 1.26 bits per heavy atom. The summed E-state index contributed by atoms with van der Waals surface area (Å²) in [6, 6.07) is 9.89. The molecule has 0 spiro atoms. The van der Waals surface area contributed by atoms with Gasteiger partial charge in [0.1, 0.15) is 11.9 Å². The van der Waals surface area contributed by atoms with E-state index in [1.165, 1.54) is 0 Å². The van der Waals surface area contributed by atoms with Crippen LogP contribution in [0.3, 0.4) is 0 Å². The number of hydrogen-bond donors (Lipinski definition) is 1. The first kappa shape index (κ1) is 11.8. The average Bonchev–Trinajstić information content (AvgIpc) is 2.85. The topological polar surface area (TPSA) is 46.5 Å². The molecule has 0 bridgehead atoms. The highest BCUT2D eigenvalue weighted by Gasteiger charge is 2.31. The maximum Gasteiger partial charge on any atom is 0.307 e. The molecule has 0 saturated heterocycles. The van der Waals surface area contributed by atoms with Gasteiger partial charge in [-0.25, -0.2) is 0 Å². The van der Waals surface area contributed by atoms with Crippen LogP contribution in [0.25, 0.3) is 0 Å². The third kappa shape index (κ3) is 2.32. The van der Waals surface area contributed by atoms with Crippen molar-refractivity contribution < 1.29 is 14.6 Å². The number of carboxylic acid groups (broad SMARTS) is 1. The molecule has 96 valence electrons. The molecule has 2 atom stereocenters. The molecule has 2 unspecified atom stereocenters. The van der Waals surface area contributed by atoms with Crippen molar-refractivity contribution in [3.05, 3.63) is 71.5 Å². The monoisotopic (exact) mass is 254 g/mol. The first-order valence-corrected chi connectivity index (χ1v) is 6.28. The van der Waals surface area contributed by atoms with Gasteiger partial charge in [0.2, 0.25) is 0 Å². The Labute approximate surface area is 111 Å². The molecule has 1 N–H and O–H groups in total. The normalized spacial score (nSPS) is 24.2. The summed E-state index contributed by atoms with van der Waals surface area (Å²) < 4.78 is 5.84. The van der Waals surface area contributed by atoms with Gasteiger partial charge in [0.25, 0.3) is 0 Å². The fourth-order valence-electron chi connectivity index (χ4n) is 2.53. The maximum atomic E-state index is 11.0. The average molecular weight is 254 g/mol.